The molecular formula is C15H26ClN3O3S2. The maximum absolute atomic E-state index is 12.6. The second kappa shape index (κ2) is 8.14. The Balaban J connectivity index is 0.00000288. The van der Waals surface area contributed by atoms with Crippen molar-refractivity contribution in [3.63, 3.8) is 0 Å². The second-order valence-corrected chi connectivity index (χ2v) is 9.79. The van der Waals surface area contributed by atoms with Gasteiger partial charge in [0.25, 0.3) is 5.91 Å². The maximum Gasteiger partial charge on any atom is 0.263 e. The first-order valence-corrected chi connectivity index (χ1v) is 10.4. The molecule has 24 heavy (non-hydrogen) atoms. The summed E-state index contributed by atoms with van der Waals surface area (Å²) in [7, 11) is -3.17. The Bertz CT molecular complexity index is 673. The number of hydrogen-bond acceptors (Lipinski definition) is 5. The van der Waals surface area contributed by atoms with Gasteiger partial charge in [-0.15, -0.1) is 23.7 Å². The third-order valence-corrected chi connectivity index (χ3v) is 6.07. The zero-order valence-corrected chi connectivity index (χ0v) is 16.7. The van der Waals surface area contributed by atoms with E-state index in [9.17, 15) is 13.2 Å². The first kappa shape index (κ1) is 21.4. The van der Waals surface area contributed by atoms with Gasteiger partial charge in [0.05, 0.1) is 11.1 Å². The molecule has 0 aromatic carbocycles. The van der Waals surface area contributed by atoms with Crippen LogP contribution < -0.4 is 10.5 Å². The van der Waals surface area contributed by atoms with Gasteiger partial charge in [-0.25, -0.2) is 13.1 Å². The summed E-state index contributed by atoms with van der Waals surface area (Å²) < 4.78 is 24.6. The van der Waals surface area contributed by atoms with E-state index in [4.69, 9.17) is 5.73 Å². The highest BCUT2D eigenvalue weighted by Crippen LogP contribution is 2.29. The number of nitrogens with two attached hydrogens (primary N) is 1. The van der Waals surface area contributed by atoms with Crippen LogP contribution in [0.3, 0.4) is 0 Å². The number of piperidine rings is 1. The van der Waals surface area contributed by atoms with Crippen LogP contribution in [0.15, 0.2) is 12.1 Å². The lowest BCUT2D eigenvalue weighted by Crippen LogP contribution is -2.53. The summed E-state index contributed by atoms with van der Waals surface area (Å²) in [4.78, 5) is 16.2. The fourth-order valence-corrected chi connectivity index (χ4v) is 4.14. The topological polar surface area (TPSA) is 92.5 Å². The van der Waals surface area contributed by atoms with Crippen molar-refractivity contribution in [1.82, 2.24) is 9.62 Å². The second-order valence-electron chi connectivity index (χ2n) is 6.79. The summed E-state index contributed by atoms with van der Waals surface area (Å²) in [6.45, 7) is 5.88. The monoisotopic (exact) mass is 395 g/mol. The summed E-state index contributed by atoms with van der Waals surface area (Å²) in [5.41, 5.74) is 6.04. The molecule has 3 N–H and O–H groups in total. The Hall–Kier alpha value is -0.670. The summed E-state index contributed by atoms with van der Waals surface area (Å²) in [6.07, 6.45) is 2.54. The molecule has 1 aliphatic rings. The molecule has 138 valence electrons. The minimum absolute atomic E-state index is 0. The molecule has 1 unspecified atom stereocenters. The molecule has 0 saturated carbocycles. The molecule has 1 aromatic rings. The molecule has 9 heteroatoms. The van der Waals surface area contributed by atoms with Crippen LogP contribution in [-0.2, 0) is 16.4 Å². The fourth-order valence-electron chi connectivity index (χ4n) is 2.69. The molecule has 1 amide bonds. The minimum atomic E-state index is -3.17. The predicted octanol–water partition coefficient (Wildman–Crippen LogP) is 1.46. The van der Waals surface area contributed by atoms with Crippen LogP contribution in [0.2, 0.25) is 0 Å². The number of likely N-dealkylation sites (tertiary alicyclic amines) is 1. The normalized spacial score (nSPS) is 20.5. The van der Waals surface area contributed by atoms with Crippen molar-refractivity contribution in [2.75, 3.05) is 25.9 Å². The van der Waals surface area contributed by atoms with E-state index >= 15 is 0 Å². The number of nitrogens with zero attached hydrogens (tertiary/aromatic N) is 1. The van der Waals surface area contributed by atoms with Crippen molar-refractivity contribution in [3.05, 3.63) is 21.9 Å². The average molecular weight is 396 g/mol. The lowest BCUT2D eigenvalue weighted by Gasteiger charge is -2.42. The SMILES string of the molecule is CC1(C)CN(C(=O)c2ccc(CCNS(C)(=O)=O)s2)CCC1N.Cl. The van der Waals surface area contributed by atoms with Gasteiger partial charge >= 0.3 is 0 Å². The molecule has 0 radical (unpaired) electrons. The number of nitrogens with one attached hydrogen (secondary N) is 1. The highest BCUT2D eigenvalue weighted by molar-refractivity contribution is 7.88. The van der Waals surface area contributed by atoms with Gasteiger partial charge in [-0.2, -0.15) is 0 Å². The van der Waals surface area contributed by atoms with Crippen molar-refractivity contribution >= 4 is 39.7 Å². The molecule has 1 saturated heterocycles. The summed E-state index contributed by atoms with van der Waals surface area (Å²) >= 11 is 1.43. The van der Waals surface area contributed by atoms with Crippen LogP contribution >= 0.6 is 23.7 Å². The molecule has 1 aliphatic heterocycles. The number of thiophene rings is 1. The van der Waals surface area contributed by atoms with Gasteiger partial charge in [0.15, 0.2) is 0 Å². The van der Waals surface area contributed by atoms with Crippen molar-refractivity contribution in [3.8, 4) is 0 Å². The van der Waals surface area contributed by atoms with E-state index < -0.39 is 10.0 Å². The molecular weight excluding hydrogens is 370 g/mol. The third-order valence-electron chi connectivity index (χ3n) is 4.21. The van der Waals surface area contributed by atoms with Crippen LogP contribution in [0, 0.1) is 5.41 Å². The standard InChI is InChI=1S/C15H25N3O3S2.ClH/c1-15(2)10-18(9-7-13(15)16)14(19)12-5-4-11(22-12)6-8-17-23(3,20)21;/h4-5,13,17H,6-10,16H2,1-3H3;1H. The number of amides is 1. The largest absolute Gasteiger partial charge is 0.337 e. The molecule has 0 spiro atoms. The average Bonchev–Trinajstić information content (AvgIpc) is 2.88. The molecule has 6 nitrogen and oxygen atoms in total. The lowest BCUT2D eigenvalue weighted by molar-refractivity contribution is 0.0537. The highest BCUT2D eigenvalue weighted by atomic mass is 35.5. The Labute approximate surface area is 154 Å². The van der Waals surface area contributed by atoms with Crippen LogP contribution in [-0.4, -0.2) is 51.2 Å². The van der Waals surface area contributed by atoms with Crippen molar-refractivity contribution in [1.29, 1.82) is 0 Å². The Morgan fingerprint density at radius 1 is 1.46 bits per heavy atom. The maximum atomic E-state index is 12.6. The van der Waals surface area contributed by atoms with E-state index in [1.807, 2.05) is 17.0 Å². The van der Waals surface area contributed by atoms with Crippen molar-refractivity contribution in [2.24, 2.45) is 11.1 Å². The first-order chi connectivity index (χ1) is 10.6. The smallest absolute Gasteiger partial charge is 0.263 e. The van der Waals surface area contributed by atoms with E-state index in [1.165, 1.54) is 11.3 Å². The van der Waals surface area contributed by atoms with Gasteiger partial charge in [0.2, 0.25) is 10.0 Å². The Morgan fingerprint density at radius 3 is 2.71 bits per heavy atom. The van der Waals surface area contributed by atoms with E-state index in [-0.39, 0.29) is 29.8 Å². The molecule has 1 aromatic heterocycles. The molecule has 1 atom stereocenters. The predicted molar refractivity (Wildman–Crippen MR) is 100 cm³/mol. The number of carbonyl (C=O) groups is 1. The summed E-state index contributed by atoms with van der Waals surface area (Å²) in [5.74, 6) is 0.0392. The Kier molecular flexibility index (Phi) is 7.25. The zero-order chi connectivity index (χ0) is 17.3. The van der Waals surface area contributed by atoms with Crippen molar-refractivity contribution in [2.45, 2.75) is 32.7 Å². The van der Waals surface area contributed by atoms with Gasteiger partial charge in [0, 0.05) is 30.6 Å². The summed E-state index contributed by atoms with van der Waals surface area (Å²) in [5, 5.41) is 0. The molecule has 0 aliphatic carbocycles. The van der Waals surface area contributed by atoms with Gasteiger partial charge in [-0.1, -0.05) is 13.8 Å². The van der Waals surface area contributed by atoms with Crippen LogP contribution in [0.1, 0.15) is 34.8 Å². The third kappa shape index (κ3) is 5.70. The molecule has 2 heterocycles. The quantitative estimate of drug-likeness (QED) is 0.789. The van der Waals surface area contributed by atoms with Gasteiger partial charge in [0.1, 0.15) is 0 Å². The number of sulfonamides is 1. The number of hydrogen-bond donors (Lipinski definition) is 2. The summed E-state index contributed by atoms with van der Waals surface area (Å²) in [6, 6.07) is 3.83. The van der Waals surface area contributed by atoms with Crippen molar-refractivity contribution < 1.29 is 13.2 Å². The lowest BCUT2D eigenvalue weighted by atomic mass is 9.79. The molecule has 2 rings (SSSR count). The highest BCUT2D eigenvalue weighted by Gasteiger charge is 2.35. The van der Waals surface area contributed by atoms with E-state index in [1.54, 1.807) is 0 Å². The van der Waals surface area contributed by atoms with E-state index in [2.05, 4.69) is 18.6 Å². The van der Waals surface area contributed by atoms with Crippen LogP contribution in [0.5, 0.6) is 0 Å². The number of halogens is 1. The molecule has 0 bridgehead atoms. The number of rotatable bonds is 5. The minimum Gasteiger partial charge on any atom is -0.337 e. The van der Waals surface area contributed by atoms with Gasteiger partial charge in [-0.3, -0.25) is 4.79 Å². The van der Waals surface area contributed by atoms with E-state index in [0.29, 0.717) is 30.9 Å². The van der Waals surface area contributed by atoms with Gasteiger partial charge < -0.3 is 10.6 Å². The van der Waals surface area contributed by atoms with E-state index in [0.717, 1.165) is 17.6 Å². The van der Waals surface area contributed by atoms with Gasteiger partial charge in [-0.05, 0) is 30.4 Å². The fraction of sp³-hybridized carbons (Fsp3) is 0.667. The Morgan fingerprint density at radius 2 is 2.12 bits per heavy atom. The van der Waals surface area contributed by atoms with Crippen LogP contribution in [0.25, 0.3) is 0 Å². The zero-order valence-electron chi connectivity index (χ0n) is 14.2. The first-order valence-electron chi connectivity index (χ1n) is 7.67. The number of carbonyl (C=O) groups excluding carboxylic acids is 1. The molecule has 1 fully saturated rings. The van der Waals surface area contributed by atoms with Crippen LogP contribution in [0.4, 0.5) is 0 Å².